The van der Waals surface area contributed by atoms with Gasteiger partial charge in [-0.1, -0.05) is 6.07 Å². The number of anilines is 1. The van der Waals surface area contributed by atoms with Crippen LogP contribution in [-0.4, -0.2) is 39.2 Å². The predicted octanol–water partition coefficient (Wildman–Crippen LogP) is 0.600. The van der Waals surface area contributed by atoms with Gasteiger partial charge in [-0.2, -0.15) is 0 Å². The molecule has 2 heterocycles. The topological polar surface area (TPSA) is 84.7 Å². The van der Waals surface area contributed by atoms with E-state index in [1.807, 2.05) is 24.3 Å². The average Bonchev–Trinajstić information content (AvgIpc) is 3.03. The van der Waals surface area contributed by atoms with Crippen molar-refractivity contribution in [3.63, 3.8) is 0 Å². The number of hydrogen-bond donors (Lipinski definition) is 2. The summed E-state index contributed by atoms with van der Waals surface area (Å²) in [5, 5.41) is 17.3. The van der Waals surface area contributed by atoms with Crippen molar-refractivity contribution in [2.45, 2.75) is 12.8 Å². The Balaban J connectivity index is 1.71. The summed E-state index contributed by atoms with van der Waals surface area (Å²) in [4.78, 5) is 12.2. The van der Waals surface area contributed by atoms with E-state index in [9.17, 15) is 4.79 Å². The molecule has 1 aromatic heterocycles. The quantitative estimate of drug-likeness (QED) is 0.854. The van der Waals surface area contributed by atoms with Crippen molar-refractivity contribution in [2.24, 2.45) is 5.92 Å². The highest BCUT2D eigenvalue weighted by Crippen LogP contribution is 2.17. The summed E-state index contributed by atoms with van der Waals surface area (Å²) in [6.07, 6.45) is 3.30. The van der Waals surface area contributed by atoms with Crippen molar-refractivity contribution in [3.8, 4) is 5.69 Å². The maximum atomic E-state index is 12.2. The Hall–Kier alpha value is -2.28. The van der Waals surface area contributed by atoms with Gasteiger partial charge in [0.15, 0.2) is 0 Å². The van der Waals surface area contributed by atoms with Crippen LogP contribution < -0.4 is 10.6 Å². The Morgan fingerprint density at radius 2 is 2.20 bits per heavy atom. The number of carbonyl (C=O) groups excluding carboxylic acids is 1. The molecule has 0 atom stereocenters. The van der Waals surface area contributed by atoms with E-state index in [1.54, 1.807) is 4.68 Å². The van der Waals surface area contributed by atoms with Gasteiger partial charge in [-0.05, 0) is 54.6 Å². The average molecular weight is 272 g/mol. The third-order valence-corrected chi connectivity index (χ3v) is 3.44. The van der Waals surface area contributed by atoms with Crippen LogP contribution in [0.2, 0.25) is 0 Å². The van der Waals surface area contributed by atoms with Crippen LogP contribution in [0.25, 0.3) is 5.69 Å². The summed E-state index contributed by atoms with van der Waals surface area (Å²) in [6.45, 7) is 1.81. The number of hydrogen-bond acceptors (Lipinski definition) is 5. The highest BCUT2D eigenvalue weighted by molar-refractivity contribution is 5.92. The Bertz CT molecular complexity index is 576. The molecule has 1 aliphatic heterocycles. The summed E-state index contributed by atoms with van der Waals surface area (Å²) >= 11 is 0. The van der Waals surface area contributed by atoms with E-state index < -0.39 is 0 Å². The smallest absolute Gasteiger partial charge is 0.227 e. The van der Waals surface area contributed by atoms with Gasteiger partial charge in [-0.15, -0.1) is 5.10 Å². The Kier molecular flexibility index (Phi) is 3.69. The van der Waals surface area contributed by atoms with Gasteiger partial charge in [0.2, 0.25) is 5.91 Å². The molecule has 0 spiro atoms. The zero-order valence-corrected chi connectivity index (χ0v) is 11.0. The number of piperidine rings is 1. The Morgan fingerprint density at radius 1 is 1.35 bits per heavy atom. The van der Waals surface area contributed by atoms with Crippen LogP contribution >= 0.6 is 0 Å². The third-order valence-electron chi connectivity index (χ3n) is 3.44. The maximum Gasteiger partial charge on any atom is 0.227 e. The van der Waals surface area contributed by atoms with Crippen LogP contribution in [-0.2, 0) is 4.79 Å². The minimum atomic E-state index is 0.0837. The molecule has 1 aromatic carbocycles. The lowest BCUT2D eigenvalue weighted by molar-refractivity contribution is -0.120. The summed E-state index contributed by atoms with van der Waals surface area (Å²) < 4.78 is 1.56. The van der Waals surface area contributed by atoms with Gasteiger partial charge in [-0.3, -0.25) is 4.79 Å². The highest BCUT2D eigenvalue weighted by Gasteiger charge is 2.20. The van der Waals surface area contributed by atoms with E-state index in [2.05, 4.69) is 26.2 Å². The molecule has 0 radical (unpaired) electrons. The normalized spacial score (nSPS) is 16.0. The van der Waals surface area contributed by atoms with Crippen molar-refractivity contribution >= 4 is 11.6 Å². The van der Waals surface area contributed by atoms with Crippen LogP contribution in [0.4, 0.5) is 5.69 Å². The SMILES string of the molecule is O=C(Nc1cccc(-n2cnnn2)c1)C1CCNCC1. The third kappa shape index (κ3) is 2.83. The number of rotatable bonds is 3. The van der Waals surface area contributed by atoms with Crippen molar-refractivity contribution in [1.29, 1.82) is 0 Å². The van der Waals surface area contributed by atoms with E-state index >= 15 is 0 Å². The molecule has 2 aromatic rings. The van der Waals surface area contributed by atoms with Gasteiger partial charge in [0, 0.05) is 11.6 Å². The second-order valence-corrected chi connectivity index (χ2v) is 4.82. The molecule has 7 heteroatoms. The maximum absolute atomic E-state index is 12.2. The number of tetrazole rings is 1. The number of aromatic nitrogens is 4. The van der Waals surface area contributed by atoms with E-state index in [0.29, 0.717) is 0 Å². The largest absolute Gasteiger partial charge is 0.326 e. The van der Waals surface area contributed by atoms with Crippen molar-refractivity contribution in [2.75, 3.05) is 18.4 Å². The Labute approximate surface area is 116 Å². The lowest BCUT2D eigenvalue weighted by Gasteiger charge is -2.21. The first-order chi connectivity index (χ1) is 9.83. The van der Waals surface area contributed by atoms with Gasteiger partial charge >= 0.3 is 0 Å². The van der Waals surface area contributed by atoms with E-state index in [1.165, 1.54) is 6.33 Å². The molecule has 1 aliphatic rings. The minimum absolute atomic E-state index is 0.0837. The number of nitrogens with zero attached hydrogens (tertiary/aromatic N) is 4. The monoisotopic (exact) mass is 272 g/mol. The number of benzene rings is 1. The standard InChI is InChI=1S/C13H16N6O/c20-13(10-4-6-14-7-5-10)16-11-2-1-3-12(8-11)19-9-15-17-18-19/h1-3,8-10,14H,4-7H2,(H,16,20). The predicted molar refractivity (Wildman–Crippen MR) is 73.4 cm³/mol. The molecule has 1 amide bonds. The zero-order valence-electron chi connectivity index (χ0n) is 11.0. The van der Waals surface area contributed by atoms with Gasteiger partial charge < -0.3 is 10.6 Å². The molecule has 0 unspecified atom stereocenters. The second kappa shape index (κ2) is 5.79. The minimum Gasteiger partial charge on any atom is -0.326 e. The number of nitrogens with one attached hydrogen (secondary N) is 2. The Morgan fingerprint density at radius 3 is 2.95 bits per heavy atom. The van der Waals surface area contributed by atoms with E-state index in [0.717, 1.165) is 37.3 Å². The molecule has 20 heavy (non-hydrogen) atoms. The van der Waals surface area contributed by atoms with Crippen LogP contribution in [0.1, 0.15) is 12.8 Å². The fourth-order valence-corrected chi connectivity index (χ4v) is 2.33. The highest BCUT2D eigenvalue weighted by atomic mass is 16.1. The fourth-order valence-electron chi connectivity index (χ4n) is 2.33. The summed E-state index contributed by atoms with van der Waals surface area (Å²) in [6, 6.07) is 7.48. The molecule has 0 saturated carbocycles. The van der Waals surface area contributed by atoms with Gasteiger partial charge in [0.25, 0.3) is 0 Å². The lowest BCUT2D eigenvalue weighted by Crippen LogP contribution is -2.34. The first-order valence-electron chi connectivity index (χ1n) is 6.68. The first kappa shape index (κ1) is 12.7. The molecule has 3 rings (SSSR count). The molecule has 2 N–H and O–H groups in total. The van der Waals surface area contributed by atoms with Gasteiger partial charge in [-0.25, -0.2) is 4.68 Å². The van der Waals surface area contributed by atoms with Crippen LogP contribution in [0.15, 0.2) is 30.6 Å². The van der Waals surface area contributed by atoms with Crippen molar-refractivity contribution in [1.82, 2.24) is 25.5 Å². The summed E-state index contributed by atoms with van der Waals surface area (Å²) in [5.74, 6) is 0.174. The lowest BCUT2D eigenvalue weighted by atomic mass is 9.97. The zero-order chi connectivity index (χ0) is 13.8. The molecule has 104 valence electrons. The van der Waals surface area contributed by atoms with E-state index in [4.69, 9.17) is 0 Å². The van der Waals surface area contributed by atoms with Gasteiger partial charge in [0.1, 0.15) is 6.33 Å². The molecular formula is C13H16N6O. The first-order valence-corrected chi connectivity index (χ1v) is 6.68. The number of carbonyl (C=O) groups is 1. The molecule has 0 bridgehead atoms. The molecular weight excluding hydrogens is 256 g/mol. The summed E-state index contributed by atoms with van der Waals surface area (Å²) in [7, 11) is 0. The fraction of sp³-hybridized carbons (Fsp3) is 0.385. The van der Waals surface area contributed by atoms with Crippen LogP contribution in [0.3, 0.4) is 0 Å². The van der Waals surface area contributed by atoms with E-state index in [-0.39, 0.29) is 11.8 Å². The second-order valence-electron chi connectivity index (χ2n) is 4.82. The van der Waals surface area contributed by atoms with Crippen LogP contribution in [0.5, 0.6) is 0 Å². The van der Waals surface area contributed by atoms with Gasteiger partial charge in [0.05, 0.1) is 5.69 Å². The van der Waals surface area contributed by atoms with Crippen molar-refractivity contribution < 1.29 is 4.79 Å². The summed E-state index contributed by atoms with van der Waals surface area (Å²) in [5.41, 5.74) is 1.58. The molecule has 1 fully saturated rings. The van der Waals surface area contributed by atoms with Crippen LogP contribution in [0, 0.1) is 5.92 Å². The molecule has 0 aliphatic carbocycles. The molecule has 7 nitrogen and oxygen atoms in total. The van der Waals surface area contributed by atoms with Crippen molar-refractivity contribution in [3.05, 3.63) is 30.6 Å². The molecule has 1 saturated heterocycles. The number of amides is 1.